The third kappa shape index (κ3) is 1.85. The fraction of sp³-hybridized carbons (Fsp3) is 0.538. The van der Waals surface area contributed by atoms with Gasteiger partial charge in [-0.25, -0.2) is 19.6 Å². The minimum absolute atomic E-state index is 0.771. The molecule has 4 rings (SSSR count). The molecule has 0 bridgehead atoms. The molecular formula is C13H17N7. The maximum absolute atomic E-state index is 4.54. The van der Waals surface area contributed by atoms with Gasteiger partial charge in [-0.15, -0.1) is 0 Å². The summed E-state index contributed by atoms with van der Waals surface area (Å²) in [6, 6.07) is 0. The average molecular weight is 271 g/mol. The average Bonchev–Trinajstić information content (AvgIpc) is 2.94. The maximum Gasteiger partial charge on any atom is 0.146 e. The Morgan fingerprint density at radius 3 is 2.90 bits per heavy atom. The van der Waals surface area contributed by atoms with Gasteiger partial charge in [0.05, 0.1) is 18.8 Å². The van der Waals surface area contributed by atoms with Gasteiger partial charge in [0.2, 0.25) is 0 Å². The van der Waals surface area contributed by atoms with Gasteiger partial charge in [-0.3, -0.25) is 0 Å². The van der Waals surface area contributed by atoms with Gasteiger partial charge in [0.15, 0.2) is 0 Å². The van der Waals surface area contributed by atoms with Gasteiger partial charge in [-0.1, -0.05) is 0 Å². The van der Waals surface area contributed by atoms with E-state index in [1.165, 1.54) is 11.3 Å². The van der Waals surface area contributed by atoms with E-state index in [1.807, 2.05) is 4.68 Å². The second kappa shape index (κ2) is 4.52. The number of hydrogen-bond acceptors (Lipinski definition) is 6. The molecule has 104 valence electrons. The Hall–Kier alpha value is -2.02. The molecule has 7 nitrogen and oxygen atoms in total. The SMILES string of the molecule is CN1CCc2ncnc(N3CCn4ncnc4C3)c2C1. The van der Waals surface area contributed by atoms with E-state index < -0.39 is 0 Å². The van der Waals surface area contributed by atoms with Gasteiger partial charge in [-0.2, -0.15) is 5.10 Å². The highest BCUT2D eigenvalue weighted by molar-refractivity contribution is 5.49. The normalized spacial score (nSPS) is 18.8. The molecule has 2 aliphatic heterocycles. The van der Waals surface area contributed by atoms with E-state index in [0.717, 1.165) is 50.8 Å². The first kappa shape index (κ1) is 11.8. The molecule has 7 heteroatoms. The second-order valence-corrected chi connectivity index (χ2v) is 5.43. The molecule has 2 aliphatic rings. The van der Waals surface area contributed by atoms with Crippen molar-refractivity contribution in [3.05, 3.63) is 29.7 Å². The molecule has 2 aromatic heterocycles. The Labute approximate surface area is 117 Å². The van der Waals surface area contributed by atoms with Crippen molar-refractivity contribution in [1.82, 2.24) is 29.6 Å². The number of nitrogens with zero attached hydrogens (tertiary/aromatic N) is 7. The van der Waals surface area contributed by atoms with Crippen LogP contribution in [0, 0.1) is 0 Å². The summed E-state index contributed by atoms with van der Waals surface area (Å²) in [5, 5.41) is 4.22. The highest BCUT2D eigenvalue weighted by atomic mass is 15.4. The van der Waals surface area contributed by atoms with Crippen LogP contribution in [0.2, 0.25) is 0 Å². The highest BCUT2D eigenvalue weighted by Crippen LogP contribution is 2.27. The zero-order chi connectivity index (χ0) is 13.5. The standard InChI is InChI=1S/C13H17N7/c1-18-3-2-11-10(6-18)13(16-8-14-11)19-4-5-20-12(7-19)15-9-17-20/h8-9H,2-7H2,1H3. The van der Waals surface area contributed by atoms with Crippen LogP contribution in [0.4, 0.5) is 5.82 Å². The molecule has 0 N–H and O–H groups in total. The second-order valence-electron chi connectivity index (χ2n) is 5.43. The van der Waals surface area contributed by atoms with E-state index in [9.17, 15) is 0 Å². The maximum atomic E-state index is 4.54. The van der Waals surface area contributed by atoms with Crippen molar-refractivity contribution < 1.29 is 0 Å². The van der Waals surface area contributed by atoms with Crippen LogP contribution in [0.3, 0.4) is 0 Å². The summed E-state index contributed by atoms with van der Waals surface area (Å²) in [4.78, 5) is 17.9. The first-order valence-corrected chi connectivity index (χ1v) is 6.94. The molecule has 0 amide bonds. The quantitative estimate of drug-likeness (QED) is 0.732. The van der Waals surface area contributed by atoms with Crippen LogP contribution in [-0.4, -0.2) is 49.8 Å². The smallest absolute Gasteiger partial charge is 0.146 e. The molecule has 0 saturated carbocycles. The topological polar surface area (TPSA) is 63.0 Å². The van der Waals surface area contributed by atoms with Gasteiger partial charge in [0.1, 0.15) is 24.3 Å². The lowest BCUT2D eigenvalue weighted by Crippen LogP contribution is -2.37. The van der Waals surface area contributed by atoms with Crippen LogP contribution in [0.1, 0.15) is 17.1 Å². The van der Waals surface area contributed by atoms with Crippen LogP contribution >= 0.6 is 0 Å². The molecular weight excluding hydrogens is 254 g/mol. The lowest BCUT2D eigenvalue weighted by Gasteiger charge is -2.32. The summed E-state index contributed by atoms with van der Waals surface area (Å²) in [6.45, 7) is 4.55. The molecule has 2 aromatic rings. The Bertz CT molecular complexity index is 635. The predicted molar refractivity (Wildman–Crippen MR) is 73.1 cm³/mol. The number of likely N-dealkylation sites (N-methyl/N-ethyl adjacent to an activating group) is 1. The third-order valence-corrected chi connectivity index (χ3v) is 4.08. The summed E-state index contributed by atoms with van der Waals surface area (Å²) in [7, 11) is 2.15. The first-order valence-electron chi connectivity index (χ1n) is 6.94. The monoisotopic (exact) mass is 271 g/mol. The van der Waals surface area contributed by atoms with E-state index in [0.29, 0.717) is 0 Å². The number of aromatic nitrogens is 5. The Kier molecular flexibility index (Phi) is 2.66. The van der Waals surface area contributed by atoms with Crippen molar-refractivity contribution in [3.8, 4) is 0 Å². The van der Waals surface area contributed by atoms with Gasteiger partial charge >= 0.3 is 0 Å². The summed E-state index contributed by atoms with van der Waals surface area (Å²) in [5.41, 5.74) is 2.47. The number of rotatable bonds is 1. The molecule has 20 heavy (non-hydrogen) atoms. The zero-order valence-electron chi connectivity index (χ0n) is 11.5. The molecule has 0 spiro atoms. The highest BCUT2D eigenvalue weighted by Gasteiger charge is 2.25. The number of anilines is 1. The Morgan fingerprint density at radius 2 is 1.95 bits per heavy atom. The van der Waals surface area contributed by atoms with Crippen LogP contribution in [-0.2, 0) is 26.1 Å². The first-order chi connectivity index (χ1) is 9.81. The molecule has 0 radical (unpaired) electrons. The largest absolute Gasteiger partial charge is 0.347 e. The minimum atomic E-state index is 0.771. The summed E-state index contributed by atoms with van der Waals surface area (Å²) in [6.07, 6.45) is 4.33. The van der Waals surface area contributed by atoms with Gasteiger partial charge in [-0.05, 0) is 7.05 Å². The summed E-state index contributed by atoms with van der Waals surface area (Å²) in [5.74, 6) is 2.07. The molecule has 4 heterocycles. The predicted octanol–water partition coefficient (Wildman–Crippen LogP) is 0.0762. The zero-order valence-corrected chi connectivity index (χ0v) is 11.5. The van der Waals surface area contributed by atoms with Crippen molar-refractivity contribution in [3.63, 3.8) is 0 Å². The van der Waals surface area contributed by atoms with Crippen molar-refractivity contribution in [2.24, 2.45) is 0 Å². The summed E-state index contributed by atoms with van der Waals surface area (Å²) >= 11 is 0. The fourth-order valence-electron chi connectivity index (χ4n) is 2.98. The molecule has 0 aromatic carbocycles. The van der Waals surface area contributed by atoms with E-state index in [1.54, 1.807) is 12.7 Å². The molecule has 0 atom stereocenters. The van der Waals surface area contributed by atoms with Crippen LogP contribution in [0.5, 0.6) is 0 Å². The Morgan fingerprint density at radius 1 is 1.00 bits per heavy atom. The third-order valence-electron chi connectivity index (χ3n) is 4.08. The molecule has 0 saturated heterocycles. The van der Waals surface area contributed by atoms with Gasteiger partial charge in [0.25, 0.3) is 0 Å². The fourth-order valence-corrected chi connectivity index (χ4v) is 2.98. The van der Waals surface area contributed by atoms with Gasteiger partial charge in [0, 0.05) is 31.6 Å². The Balaban J connectivity index is 1.70. The lowest BCUT2D eigenvalue weighted by molar-refractivity contribution is 0.309. The summed E-state index contributed by atoms with van der Waals surface area (Å²) < 4.78 is 1.97. The minimum Gasteiger partial charge on any atom is -0.347 e. The van der Waals surface area contributed by atoms with E-state index in [2.05, 4.69) is 36.9 Å². The van der Waals surface area contributed by atoms with Crippen molar-refractivity contribution >= 4 is 5.82 Å². The molecule has 0 aliphatic carbocycles. The van der Waals surface area contributed by atoms with Crippen molar-refractivity contribution in [2.45, 2.75) is 26.1 Å². The van der Waals surface area contributed by atoms with E-state index >= 15 is 0 Å². The molecule has 0 unspecified atom stereocenters. The van der Waals surface area contributed by atoms with E-state index in [4.69, 9.17) is 0 Å². The lowest BCUT2D eigenvalue weighted by atomic mass is 10.1. The van der Waals surface area contributed by atoms with Crippen molar-refractivity contribution in [2.75, 3.05) is 25.0 Å². The van der Waals surface area contributed by atoms with Crippen molar-refractivity contribution in [1.29, 1.82) is 0 Å². The van der Waals surface area contributed by atoms with Gasteiger partial charge < -0.3 is 9.80 Å². The molecule has 0 fully saturated rings. The van der Waals surface area contributed by atoms with Crippen LogP contribution < -0.4 is 4.90 Å². The number of fused-ring (bicyclic) bond motifs is 2. The van der Waals surface area contributed by atoms with E-state index in [-0.39, 0.29) is 0 Å². The number of hydrogen-bond donors (Lipinski definition) is 0. The van der Waals surface area contributed by atoms with Crippen LogP contribution in [0.15, 0.2) is 12.7 Å². The van der Waals surface area contributed by atoms with Crippen LogP contribution in [0.25, 0.3) is 0 Å².